The molecular formula is C19H28N2O2. The van der Waals surface area contributed by atoms with Gasteiger partial charge in [0.2, 0.25) is 0 Å². The van der Waals surface area contributed by atoms with Crippen molar-refractivity contribution in [3.63, 3.8) is 0 Å². The van der Waals surface area contributed by atoms with E-state index in [4.69, 9.17) is 4.74 Å². The number of carbonyl (C=O) groups is 1. The Labute approximate surface area is 139 Å². The van der Waals surface area contributed by atoms with Crippen LogP contribution in [0.25, 0.3) is 0 Å². The van der Waals surface area contributed by atoms with Crippen molar-refractivity contribution in [2.45, 2.75) is 50.6 Å². The Balaban J connectivity index is 1.75. The summed E-state index contributed by atoms with van der Waals surface area (Å²) in [5.74, 6) is 1.51. The van der Waals surface area contributed by atoms with Crippen molar-refractivity contribution in [3.8, 4) is 5.75 Å². The number of hydrogen-bond acceptors (Lipinski definition) is 3. The highest BCUT2D eigenvalue weighted by molar-refractivity contribution is 5.70. The van der Waals surface area contributed by atoms with Crippen molar-refractivity contribution >= 4 is 6.09 Å². The maximum atomic E-state index is 11.7. The lowest BCUT2D eigenvalue weighted by Gasteiger charge is -2.47. The summed E-state index contributed by atoms with van der Waals surface area (Å²) < 4.78 is 5.42. The van der Waals surface area contributed by atoms with Crippen LogP contribution in [0.2, 0.25) is 0 Å². The molecule has 0 radical (unpaired) electrons. The molecule has 1 saturated heterocycles. The third kappa shape index (κ3) is 3.52. The first kappa shape index (κ1) is 16.3. The number of carbonyl (C=O) groups excluding carboxylic acids is 1. The van der Waals surface area contributed by atoms with Gasteiger partial charge in [-0.05, 0) is 56.3 Å². The van der Waals surface area contributed by atoms with Crippen molar-refractivity contribution in [3.05, 3.63) is 29.8 Å². The Morgan fingerprint density at radius 2 is 1.96 bits per heavy atom. The van der Waals surface area contributed by atoms with Crippen LogP contribution >= 0.6 is 0 Å². The van der Waals surface area contributed by atoms with Gasteiger partial charge < -0.3 is 9.64 Å². The van der Waals surface area contributed by atoms with Gasteiger partial charge in [-0.3, -0.25) is 4.90 Å². The van der Waals surface area contributed by atoms with Crippen LogP contribution in [-0.2, 0) is 0 Å². The molecule has 0 aromatic heterocycles. The zero-order valence-electron chi connectivity index (χ0n) is 14.5. The molecule has 0 N–H and O–H groups in total. The Kier molecular flexibility index (Phi) is 4.90. The van der Waals surface area contributed by atoms with Crippen LogP contribution in [0, 0.1) is 5.92 Å². The summed E-state index contributed by atoms with van der Waals surface area (Å²) in [5.41, 5.74) is 1.26. The topological polar surface area (TPSA) is 32.8 Å². The minimum absolute atomic E-state index is 0.327. The molecule has 1 aliphatic heterocycles. The molecule has 23 heavy (non-hydrogen) atoms. The molecule has 1 amide bonds. The molecule has 0 spiro atoms. The summed E-state index contributed by atoms with van der Waals surface area (Å²) in [6, 6.07) is 9.21. The standard InChI is InChI=1S/C19H28N2O2/c1-20(2)19(22)23-16-9-6-8-15(13-16)18-12-11-14-7-4-5-10-17(14)21(18)3/h6,8-9,13-14,17-18H,4-5,7,10-12H2,1-3H3/t14-,17-,18+/m0/s1. The number of piperidine rings is 1. The minimum atomic E-state index is -0.327. The van der Waals surface area contributed by atoms with Crippen molar-refractivity contribution in [1.82, 2.24) is 9.80 Å². The molecule has 1 aliphatic carbocycles. The van der Waals surface area contributed by atoms with E-state index in [0.717, 1.165) is 12.0 Å². The molecule has 1 aromatic rings. The van der Waals surface area contributed by atoms with Crippen molar-refractivity contribution in [1.29, 1.82) is 0 Å². The number of ether oxygens (including phenoxy) is 1. The highest BCUT2D eigenvalue weighted by Crippen LogP contribution is 2.42. The normalized spacial score (nSPS) is 28.0. The van der Waals surface area contributed by atoms with E-state index in [-0.39, 0.29) is 6.09 Å². The third-order valence-corrected chi connectivity index (χ3v) is 5.51. The fourth-order valence-electron chi connectivity index (χ4n) is 4.25. The number of rotatable bonds is 2. The zero-order valence-corrected chi connectivity index (χ0v) is 14.5. The smallest absolute Gasteiger partial charge is 0.410 e. The van der Waals surface area contributed by atoms with Gasteiger partial charge in [-0.1, -0.05) is 25.0 Å². The summed E-state index contributed by atoms with van der Waals surface area (Å²) in [6.45, 7) is 0. The second kappa shape index (κ2) is 6.91. The predicted octanol–water partition coefficient (Wildman–Crippen LogP) is 4.07. The molecule has 1 aromatic carbocycles. The van der Waals surface area contributed by atoms with Crippen LogP contribution in [0.1, 0.15) is 50.1 Å². The molecule has 4 nitrogen and oxygen atoms in total. The molecule has 2 fully saturated rings. The molecule has 3 atom stereocenters. The van der Waals surface area contributed by atoms with Crippen LogP contribution in [0.5, 0.6) is 5.75 Å². The van der Waals surface area contributed by atoms with E-state index in [1.807, 2.05) is 18.2 Å². The third-order valence-electron chi connectivity index (χ3n) is 5.51. The fraction of sp³-hybridized carbons (Fsp3) is 0.632. The zero-order chi connectivity index (χ0) is 16.4. The second-order valence-electron chi connectivity index (χ2n) is 7.21. The van der Waals surface area contributed by atoms with E-state index in [1.54, 1.807) is 14.1 Å². The van der Waals surface area contributed by atoms with Gasteiger partial charge in [0.05, 0.1) is 0 Å². The largest absolute Gasteiger partial charge is 0.414 e. The van der Waals surface area contributed by atoms with Crippen LogP contribution in [0.3, 0.4) is 0 Å². The summed E-state index contributed by atoms with van der Waals surface area (Å²) in [4.78, 5) is 15.8. The molecular weight excluding hydrogens is 288 g/mol. The molecule has 1 heterocycles. The van der Waals surface area contributed by atoms with Crippen molar-refractivity contribution in [2.75, 3.05) is 21.1 Å². The lowest BCUT2D eigenvalue weighted by atomic mass is 9.75. The Bertz CT molecular complexity index is 558. The van der Waals surface area contributed by atoms with E-state index in [9.17, 15) is 4.79 Å². The summed E-state index contributed by atoms with van der Waals surface area (Å²) in [5, 5.41) is 0. The number of benzene rings is 1. The Morgan fingerprint density at radius 1 is 1.17 bits per heavy atom. The number of fused-ring (bicyclic) bond motifs is 1. The monoisotopic (exact) mass is 316 g/mol. The minimum Gasteiger partial charge on any atom is -0.410 e. The Hall–Kier alpha value is -1.55. The summed E-state index contributed by atoms with van der Waals surface area (Å²) >= 11 is 0. The maximum absolute atomic E-state index is 11.7. The lowest BCUT2D eigenvalue weighted by molar-refractivity contribution is 0.0363. The van der Waals surface area contributed by atoms with E-state index in [1.165, 1.54) is 49.0 Å². The SMILES string of the molecule is CN(C)C(=O)Oc1cccc([C@H]2CC[C@@H]3CCCC[C@@H]3N2C)c1. The van der Waals surface area contributed by atoms with Crippen LogP contribution in [0.4, 0.5) is 4.79 Å². The highest BCUT2D eigenvalue weighted by atomic mass is 16.6. The van der Waals surface area contributed by atoms with Gasteiger partial charge in [-0.15, -0.1) is 0 Å². The number of likely N-dealkylation sites (tertiary alicyclic amines) is 1. The average Bonchev–Trinajstić information content (AvgIpc) is 2.55. The van der Waals surface area contributed by atoms with Crippen molar-refractivity contribution < 1.29 is 9.53 Å². The molecule has 126 valence electrons. The van der Waals surface area contributed by atoms with Gasteiger partial charge in [-0.2, -0.15) is 0 Å². The van der Waals surface area contributed by atoms with E-state index in [2.05, 4.69) is 18.0 Å². The lowest BCUT2D eigenvalue weighted by Crippen LogP contribution is -2.46. The van der Waals surface area contributed by atoms with Gasteiger partial charge in [0.1, 0.15) is 5.75 Å². The molecule has 1 saturated carbocycles. The fourth-order valence-corrected chi connectivity index (χ4v) is 4.25. The van der Waals surface area contributed by atoms with Gasteiger partial charge in [0.25, 0.3) is 0 Å². The first-order chi connectivity index (χ1) is 11.1. The first-order valence-corrected chi connectivity index (χ1v) is 8.77. The second-order valence-corrected chi connectivity index (χ2v) is 7.21. The van der Waals surface area contributed by atoms with Gasteiger partial charge >= 0.3 is 6.09 Å². The summed E-state index contributed by atoms with van der Waals surface area (Å²) in [6.07, 6.45) is 7.67. The van der Waals surface area contributed by atoms with Crippen molar-refractivity contribution in [2.24, 2.45) is 5.92 Å². The quantitative estimate of drug-likeness (QED) is 0.824. The Morgan fingerprint density at radius 3 is 2.74 bits per heavy atom. The summed E-state index contributed by atoms with van der Waals surface area (Å²) in [7, 11) is 5.67. The first-order valence-electron chi connectivity index (χ1n) is 8.77. The number of amides is 1. The van der Waals surface area contributed by atoms with Gasteiger partial charge in [0, 0.05) is 26.2 Å². The molecule has 0 bridgehead atoms. The predicted molar refractivity (Wildman–Crippen MR) is 91.6 cm³/mol. The average molecular weight is 316 g/mol. The maximum Gasteiger partial charge on any atom is 0.414 e. The molecule has 2 aliphatic rings. The van der Waals surface area contributed by atoms with Crippen LogP contribution < -0.4 is 4.74 Å². The van der Waals surface area contributed by atoms with E-state index < -0.39 is 0 Å². The van der Waals surface area contributed by atoms with Gasteiger partial charge in [-0.25, -0.2) is 4.79 Å². The van der Waals surface area contributed by atoms with E-state index >= 15 is 0 Å². The van der Waals surface area contributed by atoms with Crippen LogP contribution in [0.15, 0.2) is 24.3 Å². The molecule has 3 rings (SSSR count). The number of hydrogen-bond donors (Lipinski definition) is 0. The van der Waals surface area contributed by atoms with E-state index in [0.29, 0.717) is 11.8 Å². The molecule has 0 unspecified atom stereocenters. The number of nitrogens with zero attached hydrogens (tertiary/aromatic N) is 2. The molecule has 4 heteroatoms. The van der Waals surface area contributed by atoms with Crippen LogP contribution in [-0.4, -0.2) is 43.1 Å². The van der Waals surface area contributed by atoms with Gasteiger partial charge in [0.15, 0.2) is 0 Å². The highest BCUT2D eigenvalue weighted by Gasteiger charge is 2.36.